The third-order valence-electron chi connectivity index (χ3n) is 3.32. The Balaban J connectivity index is 1.84. The highest BCUT2D eigenvalue weighted by Gasteiger charge is 2.22. The van der Waals surface area contributed by atoms with Crippen LogP contribution < -0.4 is 11.1 Å². The van der Waals surface area contributed by atoms with Gasteiger partial charge >= 0.3 is 0 Å². The SMILES string of the molecule is Cc1csc(NC(=O)C(Sc2ccc(N)cc2)c2ccccc2)n1. The number of benzene rings is 2. The molecule has 0 saturated carbocycles. The quantitative estimate of drug-likeness (QED) is 0.522. The van der Waals surface area contributed by atoms with E-state index in [-0.39, 0.29) is 11.2 Å². The Morgan fingerprint density at radius 1 is 1.17 bits per heavy atom. The summed E-state index contributed by atoms with van der Waals surface area (Å²) in [6.07, 6.45) is 0. The number of aromatic nitrogens is 1. The average Bonchev–Trinajstić information content (AvgIpc) is 3.00. The molecule has 1 aromatic heterocycles. The molecule has 0 bridgehead atoms. The molecule has 0 spiro atoms. The van der Waals surface area contributed by atoms with E-state index in [9.17, 15) is 4.79 Å². The maximum atomic E-state index is 12.8. The maximum absolute atomic E-state index is 12.8. The van der Waals surface area contributed by atoms with Crippen molar-refractivity contribution in [3.63, 3.8) is 0 Å². The summed E-state index contributed by atoms with van der Waals surface area (Å²) < 4.78 is 0. The summed E-state index contributed by atoms with van der Waals surface area (Å²) in [6, 6.07) is 17.3. The minimum absolute atomic E-state index is 0.0858. The maximum Gasteiger partial charge on any atom is 0.244 e. The first-order valence-corrected chi connectivity index (χ1v) is 9.18. The molecule has 1 atom stereocenters. The van der Waals surface area contributed by atoms with Crippen molar-refractivity contribution in [1.29, 1.82) is 0 Å². The summed E-state index contributed by atoms with van der Waals surface area (Å²) in [5.74, 6) is -0.0858. The molecule has 0 aliphatic heterocycles. The summed E-state index contributed by atoms with van der Waals surface area (Å²) in [5.41, 5.74) is 8.29. The Kier molecular flexibility index (Phi) is 5.17. The first-order chi connectivity index (χ1) is 11.6. The van der Waals surface area contributed by atoms with Gasteiger partial charge in [0.05, 0.1) is 5.69 Å². The fourth-order valence-corrected chi connectivity index (χ4v) is 3.88. The van der Waals surface area contributed by atoms with Crippen molar-refractivity contribution in [2.45, 2.75) is 17.1 Å². The van der Waals surface area contributed by atoms with Crippen LogP contribution in [0, 0.1) is 6.92 Å². The van der Waals surface area contributed by atoms with Crippen LogP contribution >= 0.6 is 23.1 Å². The van der Waals surface area contributed by atoms with Gasteiger partial charge in [0.1, 0.15) is 5.25 Å². The van der Waals surface area contributed by atoms with Crippen LogP contribution in [-0.2, 0) is 4.79 Å². The van der Waals surface area contributed by atoms with E-state index < -0.39 is 0 Å². The lowest BCUT2D eigenvalue weighted by atomic mass is 10.1. The first-order valence-electron chi connectivity index (χ1n) is 7.42. The molecule has 0 aliphatic carbocycles. The van der Waals surface area contributed by atoms with Gasteiger partial charge in [-0.25, -0.2) is 4.98 Å². The Morgan fingerprint density at radius 3 is 2.50 bits per heavy atom. The minimum atomic E-state index is -0.362. The first kappa shape index (κ1) is 16.5. The Labute approximate surface area is 149 Å². The number of nitrogen functional groups attached to an aromatic ring is 1. The largest absolute Gasteiger partial charge is 0.399 e. The molecule has 1 unspecified atom stereocenters. The van der Waals surface area contributed by atoms with Crippen LogP contribution in [0.5, 0.6) is 0 Å². The Hall–Kier alpha value is -2.31. The zero-order chi connectivity index (χ0) is 16.9. The van der Waals surface area contributed by atoms with E-state index >= 15 is 0 Å². The highest BCUT2D eigenvalue weighted by atomic mass is 32.2. The van der Waals surface area contributed by atoms with Gasteiger partial charge in [0.15, 0.2) is 5.13 Å². The molecule has 24 heavy (non-hydrogen) atoms. The Bertz CT molecular complexity index is 816. The standard InChI is InChI=1S/C18H17N3OS2/c1-12-11-23-18(20-12)21-17(22)16(13-5-3-2-4-6-13)24-15-9-7-14(19)8-10-15/h2-11,16H,19H2,1H3,(H,20,21,22). The predicted molar refractivity (Wildman–Crippen MR) is 101 cm³/mol. The molecule has 6 heteroatoms. The van der Waals surface area contributed by atoms with Gasteiger partial charge in [-0.2, -0.15) is 0 Å². The summed E-state index contributed by atoms with van der Waals surface area (Å²) in [5, 5.41) is 5.09. The molecule has 3 aromatic rings. The van der Waals surface area contributed by atoms with Crippen molar-refractivity contribution < 1.29 is 4.79 Å². The molecule has 0 fully saturated rings. The van der Waals surface area contributed by atoms with Gasteiger partial charge in [-0.1, -0.05) is 30.3 Å². The van der Waals surface area contributed by atoms with Crippen molar-refractivity contribution in [2.24, 2.45) is 0 Å². The molecule has 1 amide bonds. The highest BCUT2D eigenvalue weighted by Crippen LogP contribution is 2.36. The number of carbonyl (C=O) groups excluding carboxylic acids is 1. The zero-order valence-electron chi connectivity index (χ0n) is 13.1. The fraction of sp³-hybridized carbons (Fsp3) is 0.111. The van der Waals surface area contributed by atoms with Crippen molar-refractivity contribution in [3.05, 3.63) is 71.2 Å². The number of hydrogen-bond donors (Lipinski definition) is 2. The van der Waals surface area contributed by atoms with Gasteiger partial charge in [0, 0.05) is 16.0 Å². The molecule has 3 rings (SSSR count). The molecular weight excluding hydrogens is 338 g/mol. The Morgan fingerprint density at radius 2 is 1.88 bits per heavy atom. The molecule has 0 saturated heterocycles. The number of amides is 1. The third-order valence-corrected chi connectivity index (χ3v) is 5.47. The van der Waals surface area contributed by atoms with Crippen LogP contribution in [0.2, 0.25) is 0 Å². The monoisotopic (exact) mass is 355 g/mol. The van der Waals surface area contributed by atoms with Gasteiger partial charge in [0.25, 0.3) is 0 Å². The second-order valence-electron chi connectivity index (χ2n) is 5.26. The fourth-order valence-electron chi connectivity index (χ4n) is 2.17. The summed E-state index contributed by atoms with van der Waals surface area (Å²) in [4.78, 5) is 18.1. The molecule has 1 heterocycles. The van der Waals surface area contributed by atoms with Crippen molar-refractivity contribution in [3.8, 4) is 0 Å². The number of nitrogens with one attached hydrogen (secondary N) is 1. The number of thioether (sulfide) groups is 1. The van der Waals surface area contributed by atoms with Crippen LogP contribution in [0.25, 0.3) is 0 Å². The van der Waals surface area contributed by atoms with Crippen LogP contribution in [0.4, 0.5) is 10.8 Å². The zero-order valence-corrected chi connectivity index (χ0v) is 14.7. The number of nitrogens with two attached hydrogens (primary N) is 1. The summed E-state index contributed by atoms with van der Waals surface area (Å²) >= 11 is 2.92. The van der Waals surface area contributed by atoms with E-state index in [2.05, 4.69) is 10.3 Å². The average molecular weight is 355 g/mol. The van der Waals surface area contributed by atoms with E-state index in [0.29, 0.717) is 10.8 Å². The second-order valence-corrected chi connectivity index (χ2v) is 7.30. The van der Waals surface area contributed by atoms with Gasteiger partial charge in [-0.05, 0) is 36.8 Å². The number of thiazole rings is 1. The van der Waals surface area contributed by atoms with Crippen molar-refractivity contribution >= 4 is 39.8 Å². The lowest BCUT2D eigenvalue weighted by molar-refractivity contribution is -0.115. The third kappa shape index (κ3) is 4.15. The van der Waals surface area contributed by atoms with Gasteiger partial charge < -0.3 is 11.1 Å². The molecule has 122 valence electrons. The normalized spacial score (nSPS) is 11.9. The smallest absolute Gasteiger partial charge is 0.244 e. The summed E-state index contributed by atoms with van der Waals surface area (Å²) in [6.45, 7) is 1.91. The number of rotatable bonds is 5. The molecule has 2 aromatic carbocycles. The molecule has 4 nitrogen and oxygen atoms in total. The number of nitrogens with zero attached hydrogens (tertiary/aromatic N) is 1. The molecular formula is C18H17N3OS2. The predicted octanol–water partition coefficient (Wildman–Crippen LogP) is 4.51. The lowest BCUT2D eigenvalue weighted by Gasteiger charge is -2.16. The van der Waals surface area contributed by atoms with E-state index in [0.717, 1.165) is 16.2 Å². The van der Waals surface area contributed by atoms with E-state index in [1.807, 2.05) is 66.9 Å². The minimum Gasteiger partial charge on any atom is -0.399 e. The number of carbonyl (C=O) groups is 1. The van der Waals surface area contributed by atoms with Crippen LogP contribution in [0.1, 0.15) is 16.5 Å². The van der Waals surface area contributed by atoms with Crippen LogP contribution in [-0.4, -0.2) is 10.9 Å². The van der Waals surface area contributed by atoms with Gasteiger partial charge in [-0.3, -0.25) is 4.79 Å². The van der Waals surface area contributed by atoms with Crippen LogP contribution in [0.15, 0.2) is 64.9 Å². The second kappa shape index (κ2) is 7.51. The van der Waals surface area contributed by atoms with Gasteiger partial charge in [0.2, 0.25) is 5.91 Å². The molecule has 0 radical (unpaired) electrons. The molecule has 0 aliphatic rings. The molecule has 3 N–H and O–H groups in total. The topological polar surface area (TPSA) is 68.0 Å². The van der Waals surface area contributed by atoms with Gasteiger partial charge in [-0.15, -0.1) is 23.1 Å². The van der Waals surface area contributed by atoms with Crippen molar-refractivity contribution in [2.75, 3.05) is 11.1 Å². The van der Waals surface area contributed by atoms with Crippen LogP contribution in [0.3, 0.4) is 0 Å². The summed E-state index contributed by atoms with van der Waals surface area (Å²) in [7, 11) is 0. The van der Waals surface area contributed by atoms with E-state index in [1.54, 1.807) is 0 Å². The lowest BCUT2D eigenvalue weighted by Crippen LogP contribution is -2.18. The van der Waals surface area contributed by atoms with E-state index in [1.165, 1.54) is 23.1 Å². The number of aryl methyl sites for hydroxylation is 1. The highest BCUT2D eigenvalue weighted by molar-refractivity contribution is 8.00. The number of anilines is 2. The van der Waals surface area contributed by atoms with Crippen molar-refractivity contribution in [1.82, 2.24) is 4.98 Å². The number of hydrogen-bond acceptors (Lipinski definition) is 5. The van der Waals surface area contributed by atoms with E-state index in [4.69, 9.17) is 5.73 Å².